The van der Waals surface area contributed by atoms with E-state index in [9.17, 15) is 9.59 Å². The quantitative estimate of drug-likeness (QED) is 0.581. The van der Waals surface area contributed by atoms with E-state index < -0.39 is 0 Å². The minimum atomic E-state index is -0.223. The zero-order chi connectivity index (χ0) is 25.1. The van der Waals surface area contributed by atoms with Crippen LogP contribution in [0.1, 0.15) is 65.8 Å². The molecule has 4 bridgehead atoms. The lowest BCUT2D eigenvalue weighted by Gasteiger charge is -2.55. The van der Waals surface area contributed by atoms with Crippen LogP contribution in [0.4, 0.5) is 5.82 Å². The van der Waals surface area contributed by atoms with Gasteiger partial charge in [-0.15, -0.1) is 0 Å². The van der Waals surface area contributed by atoms with Crippen LogP contribution in [-0.2, 0) is 17.8 Å². The van der Waals surface area contributed by atoms with E-state index in [-0.39, 0.29) is 17.2 Å². The van der Waals surface area contributed by atoms with Crippen LogP contribution in [0, 0.1) is 30.1 Å². The number of rotatable bonds is 4. The van der Waals surface area contributed by atoms with Crippen molar-refractivity contribution in [2.75, 3.05) is 11.9 Å². The molecule has 1 aliphatic heterocycles. The van der Waals surface area contributed by atoms with Crippen LogP contribution in [0.2, 0.25) is 0 Å². The highest BCUT2D eigenvalue weighted by Gasteiger charge is 2.54. The highest BCUT2D eigenvalue weighted by molar-refractivity contribution is 5.96. The first kappa shape index (κ1) is 22.6. The van der Waals surface area contributed by atoms with Gasteiger partial charge in [-0.3, -0.25) is 9.59 Å². The normalized spacial score (nSPS) is 27.7. The van der Waals surface area contributed by atoms with Gasteiger partial charge in [0.2, 0.25) is 5.91 Å². The molecule has 3 heterocycles. The lowest BCUT2D eigenvalue weighted by atomic mass is 9.49. The number of carbonyl (C=O) groups excluding carboxylic acids is 2. The fourth-order valence-corrected chi connectivity index (χ4v) is 7.88. The molecule has 4 fully saturated rings. The van der Waals surface area contributed by atoms with Crippen molar-refractivity contribution in [3.05, 3.63) is 65.4 Å². The molecular weight excluding hydrogens is 464 g/mol. The third kappa shape index (κ3) is 3.76. The number of amides is 2. The SMILES string of the molecule is Cc1c(C(=O)N2CCc3c(ncnc3NC(=O)C34CC5CC(CC(C5)C3)C4)C2)cnn1-c1ccccc1. The number of carbonyl (C=O) groups is 2. The Morgan fingerprint density at radius 2 is 1.70 bits per heavy atom. The van der Waals surface area contributed by atoms with Gasteiger partial charge in [-0.1, -0.05) is 18.2 Å². The largest absolute Gasteiger partial charge is 0.332 e. The van der Waals surface area contributed by atoms with Crippen molar-refractivity contribution in [1.82, 2.24) is 24.6 Å². The molecular formula is C29H32N6O2. The van der Waals surface area contributed by atoms with E-state index >= 15 is 0 Å². The van der Waals surface area contributed by atoms with E-state index in [4.69, 9.17) is 0 Å². The van der Waals surface area contributed by atoms with Crippen LogP contribution in [0.3, 0.4) is 0 Å². The summed E-state index contributed by atoms with van der Waals surface area (Å²) in [6.07, 6.45) is 10.8. The van der Waals surface area contributed by atoms with Gasteiger partial charge in [0, 0.05) is 12.1 Å². The Bertz CT molecular complexity index is 1350. The Hall–Kier alpha value is -3.55. The number of para-hydroxylation sites is 1. The van der Waals surface area contributed by atoms with E-state index in [2.05, 4.69) is 20.4 Å². The Morgan fingerprint density at radius 1 is 1.00 bits per heavy atom. The molecule has 8 nitrogen and oxygen atoms in total. The van der Waals surface area contributed by atoms with Gasteiger partial charge in [-0.2, -0.15) is 5.10 Å². The molecule has 0 radical (unpaired) electrons. The second-order valence-corrected chi connectivity index (χ2v) is 11.7. The predicted octanol–water partition coefficient (Wildman–Crippen LogP) is 4.32. The summed E-state index contributed by atoms with van der Waals surface area (Å²) in [5.41, 5.74) is 3.88. The first-order valence-corrected chi connectivity index (χ1v) is 13.5. The van der Waals surface area contributed by atoms with Crippen LogP contribution in [-0.4, -0.2) is 43.0 Å². The lowest BCUT2D eigenvalue weighted by molar-refractivity contribution is -0.140. The van der Waals surface area contributed by atoms with Crippen molar-refractivity contribution in [2.45, 2.75) is 58.4 Å². The van der Waals surface area contributed by atoms with E-state index in [1.165, 1.54) is 25.6 Å². The Balaban J connectivity index is 1.09. The molecule has 37 heavy (non-hydrogen) atoms. The number of fused-ring (bicyclic) bond motifs is 1. The number of nitrogens with zero attached hydrogens (tertiary/aromatic N) is 5. The third-order valence-electron chi connectivity index (χ3n) is 9.29. The zero-order valence-corrected chi connectivity index (χ0v) is 21.2. The Morgan fingerprint density at radius 3 is 2.41 bits per heavy atom. The van der Waals surface area contributed by atoms with Crippen LogP contribution < -0.4 is 5.32 Å². The highest BCUT2D eigenvalue weighted by atomic mass is 16.2. The molecule has 0 unspecified atom stereocenters. The van der Waals surface area contributed by atoms with E-state index in [0.717, 1.165) is 41.9 Å². The van der Waals surface area contributed by atoms with Gasteiger partial charge in [0.1, 0.15) is 12.1 Å². The number of nitrogens with one attached hydrogen (secondary N) is 1. The van der Waals surface area contributed by atoms with Gasteiger partial charge in [-0.05, 0) is 81.8 Å². The molecule has 2 aromatic heterocycles. The predicted molar refractivity (Wildman–Crippen MR) is 138 cm³/mol. The highest BCUT2D eigenvalue weighted by Crippen LogP contribution is 2.60. The maximum absolute atomic E-state index is 13.6. The van der Waals surface area contributed by atoms with Gasteiger partial charge in [0.15, 0.2) is 0 Å². The van der Waals surface area contributed by atoms with Crippen molar-refractivity contribution in [2.24, 2.45) is 23.2 Å². The first-order chi connectivity index (χ1) is 18.0. The zero-order valence-electron chi connectivity index (χ0n) is 21.2. The topological polar surface area (TPSA) is 93.0 Å². The van der Waals surface area contributed by atoms with Gasteiger partial charge >= 0.3 is 0 Å². The molecule has 3 aromatic rings. The summed E-state index contributed by atoms with van der Waals surface area (Å²) in [7, 11) is 0. The number of benzene rings is 1. The summed E-state index contributed by atoms with van der Waals surface area (Å²) >= 11 is 0. The molecule has 8 heteroatoms. The summed E-state index contributed by atoms with van der Waals surface area (Å²) < 4.78 is 1.80. The summed E-state index contributed by atoms with van der Waals surface area (Å²) in [4.78, 5) is 37.9. The van der Waals surface area contributed by atoms with E-state index in [0.29, 0.717) is 48.6 Å². The lowest BCUT2D eigenvalue weighted by Crippen LogP contribution is -2.52. The van der Waals surface area contributed by atoms with Crippen molar-refractivity contribution < 1.29 is 9.59 Å². The monoisotopic (exact) mass is 496 g/mol. The third-order valence-corrected chi connectivity index (χ3v) is 9.29. The van der Waals surface area contributed by atoms with Crippen molar-refractivity contribution >= 4 is 17.6 Å². The molecule has 8 rings (SSSR count). The van der Waals surface area contributed by atoms with Crippen molar-refractivity contribution in [1.29, 1.82) is 0 Å². The summed E-state index contributed by atoms with van der Waals surface area (Å²) in [6.45, 7) is 2.87. The van der Waals surface area contributed by atoms with Crippen LogP contribution in [0.15, 0.2) is 42.9 Å². The van der Waals surface area contributed by atoms with Crippen LogP contribution >= 0.6 is 0 Å². The average Bonchev–Trinajstić information content (AvgIpc) is 3.29. The van der Waals surface area contributed by atoms with Gasteiger partial charge in [0.25, 0.3) is 5.91 Å². The molecule has 2 amide bonds. The minimum Gasteiger partial charge on any atom is -0.332 e. The molecule has 0 spiro atoms. The van der Waals surface area contributed by atoms with Crippen molar-refractivity contribution in [3.8, 4) is 5.69 Å². The fourth-order valence-electron chi connectivity index (χ4n) is 7.88. The van der Waals surface area contributed by atoms with E-state index in [1.807, 2.05) is 42.2 Å². The second-order valence-electron chi connectivity index (χ2n) is 11.7. The maximum Gasteiger partial charge on any atom is 0.257 e. The number of hydrogen-bond donors (Lipinski definition) is 1. The molecule has 0 atom stereocenters. The second kappa shape index (κ2) is 8.50. The average molecular weight is 497 g/mol. The minimum absolute atomic E-state index is 0.0527. The van der Waals surface area contributed by atoms with Crippen LogP contribution in [0.5, 0.6) is 0 Å². The summed E-state index contributed by atoms with van der Waals surface area (Å²) in [5, 5.41) is 7.69. The molecule has 5 aliphatic rings. The summed E-state index contributed by atoms with van der Waals surface area (Å²) in [6, 6.07) is 9.82. The van der Waals surface area contributed by atoms with Crippen LogP contribution in [0.25, 0.3) is 5.69 Å². The number of hydrogen-bond acceptors (Lipinski definition) is 5. The van der Waals surface area contributed by atoms with Gasteiger partial charge < -0.3 is 10.2 Å². The standard InChI is InChI=1S/C29H32N6O2/c1-18-24(15-32-35(18)22-5-3-2-4-6-22)27(36)34-8-7-23-25(16-34)30-17-31-26(23)33-28(37)29-12-19-9-20(13-29)11-21(10-19)14-29/h2-6,15,17,19-21H,7-14,16H2,1H3,(H,30,31,33,37). The fraction of sp³-hybridized carbons (Fsp3) is 0.483. The molecule has 190 valence electrons. The van der Waals surface area contributed by atoms with Crippen molar-refractivity contribution in [3.63, 3.8) is 0 Å². The van der Waals surface area contributed by atoms with Gasteiger partial charge in [-0.25, -0.2) is 14.6 Å². The molecule has 0 saturated heterocycles. The van der Waals surface area contributed by atoms with Gasteiger partial charge in [0.05, 0.1) is 40.8 Å². The number of anilines is 1. The molecule has 4 aliphatic carbocycles. The molecule has 4 saturated carbocycles. The van der Waals surface area contributed by atoms with E-state index in [1.54, 1.807) is 10.9 Å². The molecule has 1 N–H and O–H groups in total. The summed E-state index contributed by atoms with van der Waals surface area (Å²) in [5.74, 6) is 2.87. The maximum atomic E-state index is 13.6. The Labute approximate surface area is 216 Å². The number of aromatic nitrogens is 4. The molecule has 1 aromatic carbocycles. The Kier molecular flexibility index (Phi) is 5.20. The first-order valence-electron chi connectivity index (χ1n) is 13.5. The smallest absolute Gasteiger partial charge is 0.257 e.